The van der Waals surface area contributed by atoms with Crippen LogP contribution in [-0.2, 0) is 0 Å². The van der Waals surface area contributed by atoms with Crippen molar-refractivity contribution in [2.24, 2.45) is 0 Å². The van der Waals surface area contributed by atoms with Gasteiger partial charge in [-0.2, -0.15) is 0 Å². The van der Waals surface area contributed by atoms with Crippen LogP contribution in [0.4, 0.5) is 5.69 Å². The largest absolute Gasteiger partial charge is 0.493 e. The topological polar surface area (TPSA) is 93.9 Å². The minimum Gasteiger partial charge on any atom is -0.493 e. The van der Waals surface area contributed by atoms with Crippen molar-refractivity contribution < 1.29 is 19.2 Å². The lowest BCUT2D eigenvalue weighted by Crippen LogP contribution is -2.42. The molecule has 2 aliphatic rings. The van der Waals surface area contributed by atoms with Gasteiger partial charge in [-0.3, -0.25) is 14.9 Å². The molecular formula is C16H22ClN3O5. The fraction of sp³-hybridized carbons (Fsp3) is 0.562. The van der Waals surface area contributed by atoms with Gasteiger partial charge in [-0.05, 0) is 25.8 Å². The molecule has 1 aromatic carbocycles. The molecule has 2 heterocycles. The van der Waals surface area contributed by atoms with E-state index in [1.165, 1.54) is 26.4 Å². The summed E-state index contributed by atoms with van der Waals surface area (Å²) in [4.78, 5) is 25.8. The fourth-order valence-electron chi connectivity index (χ4n) is 3.64. The first-order valence-electron chi connectivity index (χ1n) is 8.00. The molecule has 2 bridgehead atoms. The second-order valence-electron chi connectivity index (χ2n) is 6.07. The summed E-state index contributed by atoms with van der Waals surface area (Å²) in [5, 5.41) is 14.8. The summed E-state index contributed by atoms with van der Waals surface area (Å²) in [6, 6.07) is 2.88. The smallest absolute Gasteiger partial charge is 0.286 e. The highest BCUT2D eigenvalue weighted by atomic mass is 35.5. The van der Waals surface area contributed by atoms with Gasteiger partial charge in [-0.25, -0.2) is 0 Å². The molecule has 3 rings (SSSR count). The van der Waals surface area contributed by atoms with Gasteiger partial charge < -0.3 is 19.7 Å². The molecule has 2 aliphatic heterocycles. The van der Waals surface area contributed by atoms with E-state index in [0.717, 1.165) is 32.4 Å². The number of hydrogen-bond acceptors (Lipinski definition) is 6. The van der Waals surface area contributed by atoms with Gasteiger partial charge in [0.05, 0.1) is 25.2 Å². The second-order valence-corrected chi connectivity index (χ2v) is 6.07. The zero-order chi connectivity index (χ0) is 17.3. The van der Waals surface area contributed by atoms with E-state index in [4.69, 9.17) is 9.47 Å². The molecule has 1 amide bonds. The normalized spacial score (nSPS) is 21.9. The molecule has 0 spiro atoms. The number of fused-ring (bicyclic) bond motifs is 2. The van der Waals surface area contributed by atoms with Crippen molar-refractivity contribution in [2.75, 3.05) is 27.3 Å². The van der Waals surface area contributed by atoms with Gasteiger partial charge in [-0.1, -0.05) is 0 Å². The van der Waals surface area contributed by atoms with Crippen LogP contribution in [0.25, 0.3) is 0 Å². The molecule has 2 saturated heterocycles. The summed E-state index contributed by atoms with van der Waals surface area (Å²) in [6.45, 7) is 1.59. The average Bonchev–Trinajstić information content (AvgIpc) is 2.85. The van der Waals surface area contributed by atoms with Crippen LogP contribution < -0.4 is 14.8 Å². The molecular weight excluding hydrogens is 350 g/mol. The van der Waals surface area contributed by atoms with Crippen molar-refractivity contribution in [2.45, 2.75) is 31.3 Å². The van der Waals surface area contributed by atoms with Crippen LogP contribution in [0.1, 0.15) is 29.6 Å². The van der Waals surface area contributed by atoms with E-state index in [9.17, 15) is 14.9 Å². The number of halogens is 1. The van der Waals surface area contributed by atoms with Gasteiger partial charge in [0, 0.05) is 24.7 Å². The SMILES string of the molecule is COc1cc(C(=O)N2C3CCNCC2CC3)c([N+](=O)[O-])cc1OC.Cl. The van der Waals surface area contributed by atoms with Crippen molar-refractivity contribution in [3.05, 3.63) is 27.8 Å². The molecule has 1 aromatic rings. The second kappa shape index (κ2) is 7.88. The minimum absolute atomic E-state index is 0. The number of rotatable bonds is 4. The Hall–Kier alpha value is -2.06. The zero-order valence-electron chi connectivity index (χ0n) is 14.2. The monoisotopic (exact) mass is 371 g/mol. The molecule has 2 unspecified atom stereocenters. The quantitative estimate of drug-likeness (QED) is 0.642. The van der Waals surface area contributed by atoms with Crippen LogP contribution >= 0.6 is 12.4 Å². The molecule has 1 N–H and O–H groups in total. The van der Waals surface area contributed by atoms with Crippen molar-refractivity contribution in [1.82, 2.24) is 10.2 Å². The minimum atomic E-state index is -0.548. The summed E-state index contributed by atoms with van der Waals surface area (Å²) in [5.41, 5.74) is -0.203. The van der Waals surface area contributed by atoms with Crippen LogP contribution in [0.5, 0.6) is 11.5 Å². The van der Waals surface area contributed by atoms with E-state index >= 15 is 0 Å². The predicted molar refractivity (Wildman–Crippen MR) is 93.9 cm³/mol. The third-order valence-electron chi connectivity index (χ3n) is 4.82. The first-order chi connectivity index (χ1) is 11.6. The van der Waals surface area contributed by atoms with Crippen molar-refractivity contribution >= 4 is 24.0 Å². The number of nitrogens with one attached hydrogen (secondary N) is 1. The van der Waals surface area contributed by atoms with Crippen molar-refractivity contribution in [1.29, 1.82) is 0 Å². The Kier molecular flexibility index (Phi) is 6.07. The number of benzene rings is 1. The summed E-state index contributed by atoms with van der Waals surface area (Å²) in [6.07, 6.45) is 2.73. The van der Waals surface area contributed by atoms with Gasteiger partial charge in [0.15, 0.2) is 11.5 Å². The maximum atomic E-state index is 13.1. The van der Waals surface area contributed by atoms with Gasteiger partial charge in [0.25, 0.3) is 11.6 Å². The lowest BCUT2D eigenvalue weighted by Gasteiger charge is -2.28. The van der Waals surface area contributed by atoms with Crippen LogP contribution in [0.3, 0.4) is 0 Å². The molecule has 2 fully saturated rings. The first kappa shape index (κ1) is 19.3. The van der Waals surface area contributed by atoms with Crippen molar-refractivity contribution in [3.63, 3.8) is 0 Å². The maximum absolute atomic E-state index is 13.1. The first-order valence-corrected chi connectivity index (χ1v) is 8.00. The number of nitro groups is 1. The number of nitro benzene ring substituents is 1. The Morgan fingerprint density at radius 2 is 1.84 bits per heavy atom. The fourth-order valence-corrected chi connectivity index (χ4v) is 3.64. The zero-order valence-corrected chi connectivity index (χ0v) is 15.0. The molecule has 0 aromatic heterocycles. The number of nitrogens with zero attached hydrogens (tertiary/aromatic N) is 2. The van der Waals surface area contributed by atoms with Crippen molar-refractivity contribution in [3.8, 4) is 11.5 Å². The molecule has 25 heavy (non-hydrogen) atoms. The number of carbonyl (C=O) groups is 1. The van der Waals surface area contributed by atoms with Crippen LogP contribution in [0.2, 0.25) is 0 Å². The van der Waals surface area contributed by atoms with Crippen LogP contribution in [-0.4, -0.2) is 55.1 Å². The van der Waals surface area contributed by atoms with E-state index in [0.29, 0.717) is 5.75 Å². The summed E-state index contributed by atoms with van der Waals surface area (Å²) < 4.78 is 10.3. The van der Waals surface area contributed by atoms with E-state index in [1.807, 2.05) is 4.90 Å². The average molecular weight is 372 g/mol. The lowest BCUT2D eigenvalue weighted by atomic mass is 10.1. The highest BCUT2D eigenvalue weighted by molar-refractivity contribution is 5.99. The van der Waals surface area contributed by atoms with E-state index in [2.05, 4.69) is 5.32 Å². The number of carbonyl (C=O) groups excluding carboxylic acids is 1. The molecule has 2 atom stereocenters. The standard InChI is InChI=1S/C16H21N3O5.ClH/c1-23-14-7-12(13(19(21)22)8-15(14)24-2)16(20)18-10-3-4-11(18)9-17-6-5-10;/h7-8,10-11,17H,3-6,9H2,1-2H3;1H. The molecule has 8 nitrogen and oxygen atoms in total. The highest BCUT2D eigenvalue weighted by Gasteiger charge is 2.40. The number of ether oxygens (including phenoxy) is 2. The summed E-state index contributed by atoms with van der Waals surface area (Å²) in [7, 11) is 2.85. The van der Waals surface area contributed by atoms with Gasteiger partial charge in [0.2, 0.25) is 0 Å². The molecule has 0 aliphatic carbocycles. The van der Waals surface area contributed by atoms with Gasteiger partial charge in [0.1, 0.15) is 5.56 Å². The summed E-state index contributed by atoms with van der Waals surface area (Å²) >= 11 is 0. The summed E-state index contributed by atoms with van der Waals surface area (Å²) in [5.74, 6) is 0.242. The highest BCUT2D eigenvalue weighted by Crippen LogP contribution is 2.37. The van der Waals surface area contributed by atoms with Crippen LogP contribution in [0, 0.1) is 10.1 Å². The Morgan fingerprint density at radius 3 is 2.48 bits per heavy atom. The Bertz CT molecular complexity index is 655. The third kappa shape index (κ3) is 3.50. The number of hydrogen-bond donors (Lipinski definition) is 1. The molecule has 138 valence electrons. The Labute approximate surface area is 152 Å². The van der Waals surface area contributed by atoms with E-state index in [1.54, 1.807) is 0 Å². The Balaban J connectivity index is 0.00000225. The number of amides is 1. The van der Waals surface area contributed by atoms with Gasteiger partial charge >= 0.3 is 0 Å². The Morgan fingerprint density at radius 1 is 1.20 bits per heavy atom. The predicted octanol–water partition coefficient (Wildman–Crippen LogP) is 2.00. The van der Waals surface area contributed by atoms with Gasteiger partial charge in [-0.15, -0.1) is 12.4 Å². The van der Waals surface area contributed by atoms with Crippen LogP contribution in [0.15, 0.2) is 12.1 Å². The third-order valence-corrected chi connectivity index (χ3v) is 4.82. The lowest BCUT2D eigenvalue weighted by molar-refractivity contribution is -0.385. The molecule has 0 radical (unpaired) electrons. The molecule has 0 saturated carbocycles. The van der Waals surface area contributed by atoms with E-state index in [-0.39, 0.29) is 47.4 Å². The molecule has 9 heteroatoms. The maximum Gasteiger partial charge on any atom is 0.286 e. The van der Waals surface area contributed by atoms with E-state index < -0.39 is 4.92 Å². The number of methoxy groups -OCH3 is 2.